The van der Waals surface area contributed by atoms with Crippen LogP contribution in [0.3, 0.4) is 0 Å². The van der Waals surface area contributed by atoms with E-state index in [4.69, 9.17) is 9.47 Å². The van der Waals surface area contributed by atoms with Crippen LogP contribution in [0.1, 0.15) is 22.0 Å². The highest BCUT2D eigenvalue weighted by Crippen LogP contribution is 2.21. The van der Waals surface area contributed by atoms with Crippen LogP contribution in [0.4, 0.5) is 0 Å². The van der Waals surface area contributed by atoms with Crippen LogP contribution < -0.4 is 0 Å². The third kappa shape index (κ3) is 3.74. The minimum absolute atomic E-state index is 0.334. The van der Waals surface area contributed by atoms with E-state index in [1.807, 2.05) is 12.1 Å². The largest absolute Gasteiger partial charge is 0.466 e. The van der Waals surface area contributed by atoms with Crippen LogP contribution in [0, 0.1) is 0 Å². The SMILES string of the molecule is COC(=O)[C@@H](OC(=O)c1ccc(-n2cccn2)cc1)c1ccccc1. The lowest BCUT2D eigenvalue weighted by molar-refractivity contribution is -0.151. The number of hydrogen-bond acceptors (Lipinski definition) is 5. The lowest BCUT2D eigenvalue weighted by atomic mass is 10.1. The van der Waals surface area contributed by atoms with Gasteiger partial charge in [0.15, 0.2) is 0 Å². The van der Waals surface area contributed by atoms with Gasteiger partial charge in [-0.2, -0.15) is 5.10 Å². The van der Waals surface area contributed by atoms with E-state index in [0.717, 1.165) is 5.69 Å². The lowest BCUT2D eigenvalue weighted by Crippen LogP contribution is -2.21. The Kier molecular flexibility index (Phi) is 4.89. The molecule has 126 valence electrons. The molecule has 0 aliphatic heterocycles. The maximum Gasteiger partial charge on any atom is 0.351 e. The first-order valence-electron chi connectivity index (χ1n) is 7.63. The standard InChI is InChI=1S/C19H16N2O4/c1-24-19(23)17(14-6-3-2-4-7-14)25-18(22)15-8-10-16(11-9-15)21-13-5-12-20-21/h2-13,17H,1H3/t17-/m0/s1. The molecule has 0 unspecified atom stereocenters. The number of nitrogens with zero attached hydrogens (tertiary/aromatic N) is 2. The first kappa shape index (κ1) is 16.4. The fraction of sp³-hybridized carbons (Fsp3) is 0.105. The Morgan fingerprint density at radius 3 is 2.32 bits per heavy atom. The summed E-state index contributed by atoms with van der Waals surface area (Å²) in [5.41, 5.74) is 1.70. The normalized spacial score (nSPS) is 11.6. The molecule has 1 aromatic heterocycles. The van der Waals surface area contributed by atoms with Gasteiger partial charge in [0.05, 0.1) is 18.4 Å². The zero-order valence-electron chi connectivity index (χ0n) is 13.5. The lowest BCUT2D eigenvalue weighted by Gasteiger charge is -2.16. The van der Waals surface area contributed by atoms with Crippen molar-refractivity contribution in [3.8, 4) is 5.69 Å². The van der Waals surface area contributed by atoms with Crippen molar-refractivity contribution in [3.05, 3.63) is 84.2 Å². The average Bonchev–Trinajstić information content (AvgIpc) is 3.21. The number of benzene rings is 2. The van der Waals surface area contributed by atoms with Gasteiger partial charge in [-0.3, -0.25) is 0 Å². The van der Waals surface area contributed by atoms with Crippen molar-refractivity contribution in [2.24, 2.45) is 0 Å². The first-order valence-corrected chi connectivity index (χ1v) is 7.63. The van der Waals surface area contributed by atoms with E-state index in [-0.39, 0.29) is 0 Å². The van der Waals surface area contributed by atoms with Crippen LogP contribution in [-0.2, 0) is 14.3 Å². The van der Waals surface area contributed by atoms with E-state index < -0.39 is 18.0 Å². The van der Waals surface area contributed by atoms with Crippen molar-refractivity contribution in [1.29, 1.82) is 0 Å². The number of aromatic nitrogens is 2. The van der Waals surface area contributed by atoms with Gasteiger partial charge >= 0.3 is 11.9 Å². The number of methoxy groups -OCH3 is 1. The van der Waals surface area contributed by atoms with Gasteiger partial charge in [-0.15, -0.1) is 0 Å². The predicted octanol–water partition coefficient (Wildman–Crippen LogP) is 2.94. The molecular formula is C19H16N2O4. The summed E-state index contributed by atoms with van der Waals surface area (Å²) >= 11 is 0. The Morgan fingerprint density at radius 2 is 1.72 bits per heavy atom. The molecule has 0 fully saturated rings. The van der Waals surface area contributed by atoms with E-state index in [9.17, 15) is 9.59 Å². The third-order valence-electron chi connectivity index (χ3n) is 3.61. The minimum Gasteiger partial charge on any atom is -0.466 e. The summed E-state index contributed by atoms with van der Waals surface area (Å²) in [6.45, 7) is 0. The van der Waals surface area contributed by atoms with Gasteiger partial charge in [0, 0.05) is 18.0 Å². The van der Waals surface area contributed by atoms with Crippen LogP contribution in [0.25, 0.3) is 5.69 Å². The van der Waals surface area contributed by atoms with Crippen molar-refractivity contribution >= 4 is 11.9 Å². The van der Waals surface area contributed by atoms with Crippen LogP contribution in [0.15, 0.2) is 73.1 Å². The molecular weight excluding hydrogens is 320 g/mol. The minimum atomic E-state index is -1.11. The van der Waals surface area contributed by atoms with Gasteiger partial charge in [0.1, 0.15) is 0 Å². The molecule has 1 heterocycles. The van der Waals surface area contributed by atoms with Gasteiger partial charge < -0.3 is 9.47 Å². The molecule has 3 aromatic rings. The smallest absolute Gasteiger partial charge is 0.351 e. The van der Waals surface area contributed by atoms with Gasteiger partial charge in [0.2, 0.25) is 6.10 Å². The van der Waals surface area contributed by atoms with Crippen molar-refractivity contribution in [3.63, 3.8) is 0 Å². The molecule has 3 rings (SSSR count). The Morgan fingerprint density at radius 1 is 1.00 bits per heavy atom. The monoisotopic (exact) mass is 336 g/mol. The first-order chi connectivity index (χ1) is 12.2. The molecule has 0 N–H and O–H groups in total. The summed E-state index contributed by atoms with van der Waals surface area (Å²) in [5.74, 6) is -1.24. The topological polar surface area (TPSA) is 70.4 Å². The molecule has 2 aromatic carbocycles. The van der Waals surface area contributed by atoms with E-state index >= 15 is 0 Å². The van der Waals surface area contributed by atoms with Crippen molar-refractivity contribution < 1.29 is 19.1 Å². The summed E-state index contributed by atoms with van der Waals surface area (Å²) in [5, 5.41) is 4.12. The molecule has 0 bridgehead atoms. The second-order valence-electron chi connectivity index (χ2n) is 5.22. The third-order valence-corrected chi connectivity index (χ3v) is 3.61. The van der Waals surface area contributed by atoms with Crippen molar-refractivity contribution in [2.75, 3.05) is 7.11 Å². The molecule has 0 radical (unpaired) electrons. The molecule has 0 spiro atoms. The van der Waals surface area contributed by atoms with Gasteiger partial charge in [-0.05, 0) is 30.3 Å². The van der Waals surface area contributed by atoms with Crippen molar-refractivity contribution in [2.45, 2.75) is 6.10 Å². The quantitative estimate of drug-likeness (QED) is 0.670. The van der Waals surface area contributed by atoms with E-state index in [1.165, 1.54) is 7.11 Å². The molecule has 0 saturated heterocycles. The molecule has 0 amide bonds. The van der Waals surface area contributed by atoms with Crippen molar-refractivity contribution in [1.82, 2.24) is 9.78 Å². The molecule has 6 nitrogen and oxygen atoms in total. The van der Waals surface area contributed by atoms with E-state index in [1.54, 1.807) is 65.6 Å². The zero-order chi connectivity index (χ0) is 17.6. The summed E-state index contributed by atoms with van der Waals surface area (Å²) < 4.78 is 11.8. The Balaban J connectivity index is 1.78. The molecule has 0 aliphatic rings. The highest BCUT2D eigenvalue weighted by molar-refractivity contribution is 5.91. The molecule has 25 heavy (non-hydrogen) atoms. The van der Waals surface area contributed by atoms with E-state index in [0.29, 0.717) is 11.1 Å². The van der Waals surface area contributed by atoms with Crippen LogP contribution >= 0.6 is 0 Å². The van der Waals surface area contributed by atoms with Crippen LogP contribution in [0.5, 0.6) is 0 Å². The fourth-order valence-electron chi connectivity index (χ4n) is 2.33. The number of carbonyl (C=O) groups excluding carboxylic acids is 2. The highest BCUT2D eigenvalue weighted by Gasteiger charge is 2.26. The fourth-order valence-corrected chi connectivity index (χ4v) is 2.33. The second kappa shape index (κ2) is 7.44. The van der Waals surface area contributed by atoms with Gasteiger partial charge in [-0.1, -0.05) is 30.3 Å². The Labute approximate surface area is 144 Å². The Bertz CT molecular complexity index is 843. The molecule has 0 saturated carbocycles. The summed E-state index contributed by atoms with van der Waals surface area (Å²) in [7, 11) is 1.25. The number of esters is 2. The maximum absolute atomic E-state index is 12.4. The summed E-state index contributed by atoms with van der Waals surface area (Å²) in [4.78, 5) is 24.4. The summed E-state index contributed by atoms with van der Waals surface area (Å²) in [6, 6.07) is 17.3. The van der Waals surface area contributed by atoms with Gasteiger partial charge in [-0.25, -0.2) is 14.3 Å². The molecule has 6 heteroatoms. The van der Waals surface area contributed by atoms with Crippen LogP contribution in [0.2, 0.25) is 0 Å². The Hall–Kier alpha value is -3.41. The summed E-state index contributed by atoms with van der Waals surface area (Å²) in [6.07, 6.45) is 2.36. The second-order valence-corrected chi connectivity index (χ2v) is 5.22. The predicted molar refractivity (Wildman–Crippen MR) is 90.2 cm³/mol. The van der Waals surface area contributed by atoms with Crippen LogP contribution in [-0.4, -0.2) is 28.8 Å². The highest BCUT2D eigenvalue weighted by atomic mass is 16.6. The molecule has 1 atom stereocenters. The maximum atomic E-state index is 12.4. The zero-order valence-corrected chi connectivity index (χ0v) is 13.5. The van der Waals surface area contributed by atoms with Gasteiger partial charge in [0.25, 0.3) is 0 Å². The number of rotatable bonds is 5. The number of hydrogen-bond donors (Lipinski definition) is 0. The number of ether oxygens (including phenoxy) is 2. The number of carbonyl (C=O) groups is 2. The van der Waals surface area contributed by atoms with E-state index in [2.05, 4.69) is 5.10 Å². The molecule has 0 aliphatic carbocycles. The average molecular weight is 336 g/mol.